The van der Waals surface area contributed by atoms with Gasteiger partial charge >= 0.3 is 0 Å². The number of aromatic nitrogens is 4. The SMILES string of the molecule is Cc1nccn1-c1cccc([C@H]2CCCN(C(=O)c3cccnc3)C2)n1. The molecule has 132 valence electrons. The molecule has 3 aromatic heterocycles. The summed E-state index contributed by atoms with van der Waals surface area (Å²) >= 11 is 0. The summed E-state index contributed by atoms with van der Waals surface area (Å²) in [6.45, 7) is 3.43. The zero-order valence-corrected chi connectivity index (χ0v) is 14.7. The molecule has 1 amide bonds. The topological polar surface area (TPSA) is 63.9 Å². The van der Waals surface area contributed by atoms with Crippen molar-refractivity contribution in [2.24, 2.45) is 0 Å². The third-order valence-corrected chi connectivity index (χ3v) is 4.86. The van der Waals surface area contributed by atoms with Crippen LogP contribution in [0.3, 0.4) is 0 Å². The van der Waals surface area contributed by atoms with Crippen LogP contribution in [0.4, 0.5) is 0 Å². The molecule has 1 saturated heterocycles. The van der Waals surface area contributed by atoms with Gasteiger partial charge in [-0.3, -0.25) is 14.3 Å². The molecule has 0 radical (unpaired) electrons. The molecular formula is C20H21N5O. The first-order chi connectivity index (χ1) is 12.7. The summed E-state index contributed by atoms with van der Waals surface area (Å²) in [4.78, 5) is 27.8. The highest BCUT2D eigenvalue weighted by Crippen LogP contribution is 2.27. The van der Waals surface area contributed by atoms with Gasteiger partial charge in [0.2, 0.25) is 0 Å². The van der Waals surface area contributed by atoms with Gasteiger partial charge in [-0.2, -0.15) is 0 Å². The second kappa shape index (κ2) is 7.07. The molecule has 1 atom stereocenters. The minimum atomic E-state index is 0.0457. The number of pyridine rings is 2. The Morgan fingerprint density at radius 2 is 2.12 bits per heavy atom. The summed E-state index contributed by atoms with van der Waals surface area (Å²) in [5, 5.41) is 0. The van der Waals surface area contributed by atoms with Crippen molar-refractivity contribution in [1.29, 1.82) is 0 Å². The lowest BCUT2D eigenvalue weighted by Gasteiger charge is -2.32. The van der Waals surface area contributed by atoms with Crippen LogP contribution >= 0.6 is 0 Å². The number of imidazole rings is 1. The summed E-state index contributed by atoms with van der Waals surface area (Å²) < 4.78 is 1.98. The van der Waals surface area contributed by atoms with E-state index in [0.29, 0.717) is 12.1 Å². The van der Waals surface area contributed by atoms with Gasteiger partial charge in [0.15, 0.2) is 0 Å². The van der Waals surface area contributed by atoms with E-state index >= 15 is 0 Å². The van der Waals surface area contributed by atoms with Crippen LogP contribution in [0.25, 0.3) is 5.82 Å². The molecule has 0 unspecified atom stereocenters. The van der Waals surface area contributed by atoms with Gasteiger partial charge in [-0.05, 0) is 44.0 Å². The Labute approximate surface area is 152 Å². The molecule has 26 heavy (non-hydrogen) atoms. The lowest BCUT2D eigenvalue weighted by molar-refractivity contribution is 0.0705. The third-order valence-electron chi connectivity index (χ3n) is 4.86. The summed E-state index contributed by atoms with van der Waals surface area (Å²) in [5.74, 6) is 2.07. The second-order valence-electron chi connectivity index (χ2n) is 6.60. The standard InChI is InChI=1S/C20H21N5O/c1-15-22-10-12-25(15)19-8-2-7-18(23-19)17-6-4-11-24(14-17)20(26)16-5-3-9-21-13-16/h2-3,5,7-10,12-13,17H,4,6,11,14H2,1H3/t17-/m0/s1. The van der Waals surface area contributed by atoms with Crippen molar-refractivity contribution in [1.82, 2.24) is 24.4 Å². The largest absolute Gasteiger partial charge is 0.338 e. The van der Waals surface area contributed by atoms with E-state index in [2.05, 4.69) is 16.0 Å². The molecule has 4 rings (SSSR count). The predicted molar refractivity (Wildman–Crippen MR) is 98.2 cm³/mol. The third kappa shape index (κ3) is 3.22. The Morgan fingerprint density at radius 1 is 1.19 bits per heavy atom. The molecule has 4 heterocycles. The number of aryl methyl sites for hydroxylation is 1. The Morgan fingerprint density at radius 3 is 2.88 bits per heavy atom. The average molecular weight is 347 g/mol. The minimum Gasteiger partial charge on any atom is -0.338 e. The van der Waals surface area contributed by atoms with Gasteiger partial charge in [0, 0.05) is 49.5 Å². The van der Waals surface area contributed by atoms with E-state index in [1.807, 2.05) is 40.8 Å². The zero-order chi connectivity index (χ0) is 17.9. The van der Waals surface area contributed by atoms with Crippen molar-refractivity contribution < 1.29 is 4.79 Å². The van der Waals surface area contributed by atoms with Crippen molar-refractivity contribution in [2.45, 2.75) is 25.7 Å². The first-order valence-electron chi connectivity index (χ1n) is 8.89. The number of rotatable bonds is 3. The lowest BCUT2D eigenvalue weighted by atomic mass is 9.94. The maximum atomic E-state index is 12.7. The minimum absolute atomic E-state index is 0.0457. The molecule has 3 aromatic rings. The molecule has 1 aliphatic heterocycles. The number of carbonyl (C=O) groups excluding carboxylic acids is 1. The first kappa shape index (κ1) is 16.4. The maximum Gasteiger partial charge on any atom is 0.255 e. The normalized spacial score (nSPS) is 17.3. The molecule has 1 aliphatic rings. The number of hydrogen-bond acceptors (Lipinski definition) is 4. The van der Waals surface area contributed by atoms with Gasteiger partial charge < -0.3 is 4.90 Å². The van der Waals surface area contributed by atoms with Gasteiger partial charge in [-0.25, -0.2) is 9.97 Å². The fraction of sp³-hybridized carbons (Fsp3) is 0.300. The number of piperidine rings is 1. The Hall–Kier alpha value is -3.02. The predicted octanol–water partition coefficient (Wildman–Crippen LogP) is 2.99. The van der Waals surface area contributed by atoms with Crippen molar-refractivity contribution in [3.05, 3.63) is 72.2 Å². The van der Waals surface area contributed by atoms with E-state index in [4.69, 9.17) is 4.98 Å². The lowest BCUT2D eigenvalue weighted by Crippen LogP contribution is -2.39. The van der Waals surface area contributed by atoms with Crippen LogP contribution in [0.5, 0.6) is 0 Å². The number of amides is 1. The van der Waals surface area contributed by atoms with Gasteiger partial charge in [-0.15, -0.1) is 0 Å². The van der Waals surface area contributed by atoms with Crippen molar-refractivity contribution in [3.63, 3.8) is 0 Å². The molecule has 6 nitrogen and oxygen atoms in total. The summed E-state index contributed by atoms with van der Waals surface area (Å²) in [6, 6.07) is 9.68. The fourth-order valence-corrected chi connectivity index (χ4v) is 3.50. The number of likely N-dealkylation sites (tertiary alicyclic amines) is 1. The van der Waals surface area contributed by atoms with Crippen LogP contribution in [0, 0.1) is 6.92 Å². The van der Waals surface area contributed by atoms with E-state index in [9.17, 15) is 4.79 Å². The van der Waals surface area contributed by atoms with Crippen molar-refractivity contribution >= 4 is 5.91 Å². The number of hydrogen-bond donors (Lipinski definition) is 0. The van der Waals surface area contributed by atoms with E-state index < -0.39 is 0 Å². The monoisotopic (exact) mass is 347 g/mol. The maximum absolute atomic E-state index is 12.7. The van der Waals surface area contributed by atoms with Crippen LogP contribution in [-0.4, -0.2) is 43.4 Å². The van der Waals surface area contributed by atoms with Crippen LogP contribution in [0.15, 0.2) is 55.1 Å². The van der Waals surface area contributed by atoms with Crippen LogP contribution in [-0.2, 0) is 0 Å². The highest BCUT2D eigenvalue weighted by Gasteiger charge is 2.26. The van der Waals surface area contributed by atoms with Crippen LogP contribution in [0.1, 0.15) is 40.6 Å². The van der Waals surface area contributed by atoms with E-state index in [0.717, 1.165) is 36.7 Å². The Kier molecular flexibility index (Phi) is 4.48. The number of nitrogens with zero attached hydrogens (tertiary/aromatic N) is 5. The van der Waals surface area contributed by atoms with Gasteiger partial charge in [-0.1, -0.05) is 6.07 Å². The molecule has 0 saturated carbocycles. The quantitative estimate of drug-likeness (QED) is 0.731. The first-order valence-corrected chi connectivity index (χ1v) is 8.89. The van der Waals surface area contributed by atoms with Crippen molar-refractivity contribution in [2.75, 3.05) is 13.1 Å². The van der Waals surface area contributed by atoms with E-state index in [1.165, 1.54) is 0 Å². The molecule has 0 spiro atoms. The molecule has 0 bridgehead atoms. The molecule has 0 aromatic carbocycles. The van der Waals surface area contributed by atoms with Crippen LogP contribution < -0.4 is 0 Å². The Balaban J connectivity index is 1.55. The zero-order valence-electron chi connectivity index (χ0n) is 14.7. The summed E-state index contributed by atoms with van der Waals surface area (Å²) in [6.07, 6.45) is 9.03. The highest BCUT2D eigenvalue weighted by molar-refractivity contribution is 5.94. The molecule has 1 fully saturated rings. The number of carbonyl (C=O) groups is 1. The van der Waals surface area contributed by atoms with E-state index in [-0.39, 0.29) is 11.8 Å². The van der Waals surface area contributed by atoms with Gasteiger partial charge in [0.25, 0.3) is 5.91 Å². The average Bonchev–Trinajstić information content (AvgIpc) is 3.14. The molecule has 0 aliphatic carbocycles. The highest BCUT2D eigenvalue weighted by atomic mass is 16.2. The molecule has 6 heteroatoms. The smallest absolute Gasteiger partial charge is 0.255 e. The van der Waals surface area contributed by atoms with E-state index in [1.54, 1.807) is 24.7 Å². The molecular weight excluding hydrogens is 326 g/mol. The second-order valence-corrected chi connectivity index (χ2v) is 6.60. The van der Waals surface area contributed by atoms with Gasteiger partial charge in [0.05, 0.1) is 5.56 Å². The Bertz CT molecular complexity index is 905. The molecule has 0 N–H and O–H groups in total. The van der Waals surface area contributed by atoms with Crippen molar-refractivity contribution in [3.8, 4) is 5.82 Å². The summed E-state index contributed by atoms with van der Waals surface area (Å²) in [7, 11) is 0. The van der Waals surface area contributed by atoms with Gasteiger partial charge in [0.1, 0.15) is 11.6 Å². The summed E-state index contributed by atoms with van der Waals surface area (Å²) in [5.41, 5.74) is 1.67. The van der Waals surface area contributed by atoms with Crippen LogP contribution in [0.2, 0.25) is 0 Å². The fourth-order valence-electron chi connectivity index (χ4n) is 3.50.